The summed E-state index contributed by atoms with van der Waals surface area (Å²) in [5.41, 5.74) is 7.29. The minimum Gasteiger partial charge on any atom is -0.497 e. The van der Waals surface area contributed by atoms with Crippen molar-refractivity contribution < 1.29 is 9.47 Å². The largest absolute Gasteiger partial charge is 0.497 e. The lowest BCUT2D eigenvalue weighted by Gasteiger charge is -2.41. The number of hydrogen-bond acceptors (Lipinski definition) is 3. The molecule has 1 aliphatic rings. The topological polar surface area (TPSA) is 44.5 Å². The van der Waals surface area contributed by atoms with Gasteiger partial charge >= 0.3 is 0 Å². The van der Waals surface area contributed by atoms with Crippen LogP contribution < -0.4 is 15.2 Å². The predicted molar refractivity (Wildman–Crippen MR) is 73.1 cm³/mol. The number of hydrogen-bond donors (Lipinski definition) is 1. The van der Waals surface area contributed by atoms with Gasteiger partial charge in [0.15, 0.2) is 0 Å². The number of ether oxygens (including phenoxy) is 2. The van der Waals surface area contributed by atoms with Crippen molar-refractivity contribution in [3.63, 3.8) is 0 Å². The van der Waals surface area contributed by atoms with Crippen molar-refractivity contribution in [2.45, 2.75) is 51.2 Å². The van der Waals surface area contributed by atoms with Crippen LogP contribution in [0.25, 0.3) is 0 Å². The van der Waals surface area contributed by atoms with Crippen molar-refractivity contribution in [3.8, 4) is 11.5 Å². The average Bonchev–Trinajstić information content (AvgIpc) is 2.39. The summed E-state index contributed by atoms with van der Waals surface area (Å²) in [6.45, 7) is 4.37. The van der Waals surface area contributed by atoms with Gasteiger partial charge in [-0.2, -0.15) is 0 Å². The first-order chi connectivity index (χ1) is 8.64. The van der Waals surface area contributed by atoms with E-state index in [2.05, 4.69) is 13.8 Å². The minimum absolute atomic E-state index is 0.0374. The molecule has 0 fully saturated rings. The maximum absolute atomic E-state index is 6.32. The van der Waals surface area contributed by atoms with Gasteiger partial charge in [0.25, 0.3) is 0 Å². The highest BCUT2D eigenvalue weighted by molar-refractivity contribution is 5.44. The fourth-order valence-electron chi connectivity index (χ4n) is 2.82. The molecule has 1 heterocycles. The molecule has 0 spiro atoms. The number of rotatable bonds is 4. The van der Waals surface area contributed by atoms with E-state index < -0.39 is 0 Å². The van der Waals surface area contributed by atoms with E-state index in [1.807, 2.05) is 18.2 Å². The Labute approximate surface area is 109 Å². The van der Waals surface area contributed by atoms with E-state index in [1.54, 1.807) is 7.11 Å². The van der Waals surface area contributed by atoms with Gasteiger partial charge in [-0.3, -0.25) is 0 Å². The second-order valence-electron chi connectivity index (χ2n) is 5.10. The molecular weight excluding hydrogens is 226 g/mol. The summed E-state index contributed by atoms with van der Waals surface area (Å²) < 4.78 is 11.5. The summed E-state index contributed by atoms with van der Waals surface area (Å²) >= 11 is 0. The molecule has 0 bridgehead atoms. The van der Waals surface area contributed by atoms with Gasteiger partial charge < -0.3 is 15.2 Å². The summed E-state index contributed by atoms with van der Waals surface area (Å²) in [5, 5.41) is 0. The maximum Gasteiger partial charge on any atom is 0.125 e. The zero-order valence-electron chi connectivity index (χ0n) is 11.5. The molecule has 100 valence electrons. The molecular formula is C15H23NO2. The highest BCUT2D eigenvalue weighted by Crippen LogP contribution is 2.43. The third-order valence-electron chi connectivity index (χ3n) is 3.88. The molecule has 2 rings (SSSR count). The van der Waals surface area contributed by atoms with Gasteiger partial charge in [-0.25, -0.2) is 0 Å². The average molecular weight is 249 g/mol. The first-order valence-electron chi connectivity index (χ1n) is 6.76. The molecule has 2 unspecified atom stereocenters. The van der Waals surface area contributed by atoms with Crippen molar-refractivity contribution in [2.24, 2.45) is 5.73 Å². The molecule has 3 heteroatoms. The van der Waals surface area contributed by atoms with Gasteiger partial charge in [-0.15, -0.1) is 0 Å². The number of benzene rings is 1. The molecule has 1 aromatic rings. The quantitative estimate of drug-likeness (QED) is 0.889. The van der Waals surface area contributed by atoms with Crippen LogP contribution in [0.1, 0.15) is 51.1 Å². The Kier molecular flexibility index (Phi) is 3.81. The second-order valence-corrected chi connectivity index (χ2v) is 5.10. The van der Waals surface area contributed by atoms with E-state index in [0.29, 0.717) is 0 Å². The van der Waals surface area contributed by atoms with Crippen LogP contribution in [0.3, 0.4) is 0 Å². The van der Waals surface area contributed by atoms with Gasteiger partial charge in [-0.1, -0.05) is 20.3 Å². The van der Waals surface area contributed by atoms with Crippen molar-refractivity contribution >= 4 is 0 Å². The van der Waals surface area contributed by atoms with Crippen molar-refractivity contribution in [3.05, 3.63) is 23.8 Å². The van der Waals surface area contributed by atoms with Crippen molar-refractivity contribution in [2.75, 3.05) is 7.11 Å². The molecule has 0 saturated carbocycles. The van der Waals surface area contributed by atoms with E-state index >= 15 is 0 Å². The van der Waals surface area contributed by atoms with E-state index in [1.165, 1.54) is 0 Å². The molecule has 0 radical (unpaired) electrons. The van der Waals surface area contributed by atoms with E-state index in [0.717, 1.165) is 42.7 Å². The first kappa shape index (κ1) is 13.2. The standard InChI is InChI=1S/C15H23NO2/c1-4-8-15(5-2)10-13(16)12-9-11(17-3)6-7-14(12)18-15/h6-7,9,13H,4-5,8,10,16H2,1-3H3. The van der Waals surface area contributed by atoms with Crippen LogP contribution in [0.2, 0.25) is 0 Å². The number of methoxy groups -OCH3 is 1. The van der Waals surface area contributed by atoms with Gasteiger partial charge in [0.1, 0.15) is 17.1 Å². The number of nitrogens with two attached hydrogens (primary N) is 1. The summed E-state index contributed by atoms with van der Waals surface area (Å²) in [5.74, 6) is 1.76. The lowest BCUT2D eigenvalue weighted by atomic mass is 9.82. The molecule has 0 aliphatic carbocycles. The number of fused-ring (bicyclic) bond motifs is 1. The maximum atomic E-state index is 6.32. The third kappa shape index (κ3) is 2.32. The Balaban J connectivity index is 2.33. The lowest BCUT2D eigenvalue weighted by molar-refractivity contribution is 0.0229. The van der Waals surface area contributed by atoms with E-state index in [-0.39, 0.29) is 11.6 Å². The normalized spacial score (nSPS) is 26.3. The molecule has 0 saturated heterocycles. The molecule has 3 nitrogen and oxygen atoms in total. The molecule has 0 aromatic heterocycles. The summed E-state index contributed by atoms with van der Waals surface area (Å²) in [6.07, 6.45) is 4.06. The van der Waals surface area contributed by atoms with Gasteiger partial charge in [0, 0.05) is 18.0 Å². The molecule has 1 aliphatic heterocycles. The Morgan fingerprint density at radius 3 is 2.83 bits per heavy atom. The van der Waals surface area contributed by atoms with E-state index in [4.69, 9.17) is 15.2 Å². The Morgan fingerprint density at radius 1 is 1.44 bits per heavy atom. The zero-order valence-corrected chi connectivity index (χ0v) is 11.5. The molecule has 18 heavy (non-hydrogen) atoms. The lowest BCUT2D eigenvalue weighted by Crippen LogP contribution is -2.42. The Hall–Kier alpha value is -1.22. The predicted octanol–water partition coefficient (Wildman–Crippen LogP) is 3.43. The van der Waals surface area contributed by atoms with Crippen LogP contribution in [-0.2, 0) is 0 Å². The Bertz CT molecular complexity index is 419. The van der Waals surface area contributed by atoms with Crippen LogP contribution in [0.4, 0.5) is 0 Å². The van der Waals surface area contributed by atoms with Gasteiger partial charge in [-0.05, 0) is 31.0 Å². The van der Waals surface area contributed by atoms with Gasteiger partial charge in [0.2, 0.25) is 0 Å². The Morgan fingerprint density at radius 2 is 2.22 bits per heavy atom. The van der Waals surface area contributed by atoms with Crippen LogP contribution in [0.5, 0.6) is 11.5 Å². The highest BCUT2D eigenvalue weighted by Gasteiger charge is 2.37. The molecule has 1 aromatic carbocycles. The summed E-state index contributed by atoms with van der Waals surface area (Å²) in [6, 6.07) is 5.94. The summed E-state index contributed by atoms with van der Waals surface area (Å²) in [4.78, 5) is 0. The van der Waals surface area contributed by atoms with E-state index in [9.17, 15) is 0 Å². The first-order valence-corrected chi connectivity index (χ1v) is 6.76. The smallest absolute Gasteiger partial charge is 0.125 e. The van der Waals surface area contributed by atoms with Crippen molar-refractivity contribution in [1.29, 1.82) is 0 Å². The third-order valence-corrected chi connectivity index (χ3v) is 3.88. The van der Waals surface area contributed by atoms with Crippen LogP contribution in [0.15, 0.2) is 18.2 Å². The van der Waals surface area contributed by atoms with Crippen LogP contribution in [0, 0.1) is 0 Å². The van der Waals surface area contributed by atoms with Crippen LogP contribution in [-0.4, -0.2) is 12.7 Å². The minimum atomic E-state index is -0.0875. The molecule has 0 amide bonds. The second kappa shape index (κ2) is 5.19. The zero-order chi connectivity index (χ0) is 13.2. The highest BCUT2D eigenvalue weighted by atomic mass is 16.5. The molecule has 2 N–H and O–H groups in total. The SMILES string of the molecule is CCCC1(CC)CC(N)c2cc(OC)ccc2O1. The van der Waals surface area contributed by atoms with Crippen molar-refractivity contribution in [1.82, 2.24) is 0 Å². The monoisotopic (exact) mass is 249 g/mol. The molecule has 2 atom stereocenters. The fraction of sp³-hybridized carbons (Fsp3) is 0.600. The van der Waals surface area contributed by atoms with Crippen LogP contribution >= 0.6 is 0 Å². The van der Waals surface area contributed by atoms with Gasteiger partial charge in [0.05, 0.1) is 7.11 Å². The summed E-state index contributed by atoms with van der Waals surface area (Å²) in [7, 11) is 1.67. The fourth-order valence-corrected chi connectivity index (χ4v) is 2.82.